The van der Waals surface area contributed by atoms with E-state index in [1.54, 1.807) is 6.92 Å². The summed E-state index contributed by atoms with van der Waals surface area (Å²) in [5.74, 6) is 1.65. The molecule has 0 saturated heterocycles. The van der Waals surface area contributed by atoms with Gasteiger partial charge in [-0.15, -0.1) is 0 Å². The third kappa shape index (κ3) is 3.15. The molecule has 1 aromatic heterocycles. The molecule has 6 nitrogen and oxygen atoms in total. The van der Waals surface area contributed by atoms with Gasteiger partial charge in [0.05, 0.1) is 0 Å². The summed E-state index contributed by atoms with van der Waals surface area (Å²) in [6.07, 6.45) is 0.919. The van der Waals surface area contributed by atoms with Crippen LogP contribution < -0.4 is 16.4 Å². The normalized spacial score (nSPS) is 12.2. The number of nitrogens with one attached hydrogen (secondary N) is 3. The fraction of sp³-hybridized carbons (Fsp3) is 0.600. The molecule has 5 N–H and O–H groups in total. The van der Waals surface area contributed by atoms with Gasteiger partial charge in [0.25, 0.3) is 0 Å². The second kappa shape index (κ2) is 5.39. The van der Waals surface area contributed by atoms with Crippen LogP contribution in [0.3, 0.4) is 0 Å². The van der Waals surface area contributed by atoms with Crippen molar-refractivity contribution in [2.45, 2.75) is 33.2 Å². The minimum absolute atomic E-state index is 0.0538. The fourth-order valence-electron chi connectivity index (χ4n) is 1.29. The zero-order valence-electron chi connectivity index (χ0n) is 9.92. The predicted molar refractivity (Wildman–Crippen MR) is 64.1 cm³/mol. The van der Waals surface area contributed by atoms with Gasteiger partial charge in [0, 0.05) is 6.54 Å². The van der Waals surface area contributed by atoms with Crippen molar-refractivity contribution in [1.29, 1.82) is 0 Å². The number of nitrogen functional groups attached to an aromatic ring is 1. The average molecular weight is 225 g/mol. The maximum Gasteiger partial charge on any atom is 0.242 e. The summed E-state index contributed by atoms with van der Waals surface area (Å²) < 4.78 is 0. The maximum atomic E-state index is 11.6. The molecule has 16 heavy (non-hydrogen) atoms. The summed E-state index contributed by atoms with van der Waals surface area (Å²) >= 11 is 0. The number of nitrogens with zero attached hydrogens (tertiary/aromatic N) is 1. The molecule has 1 rings (SSSR count). The highest BCUT2D eigenvalue weighted by atomic mass is 16.2. The van der Waals surface area contributed by atoms with Crippen LogP contribution in [-0.4, -0.2) is 28.5 Å². The number of carbonyl (C=O) groups excluding carboxylic acids is 1. The zero-order valence-corrected chi connectivity index (χ0v) is 9.92. The second-order valence-electron chi connectivity index (χ2n) is 3.74. The molecule has 0 bridgehead atoms. The van der Waals surface area contributed by atoms with Crippen LogP contribution in [0, 0.1) is 6.92 Å². The van der Waals surface area contributed by atoms with Gasteiger partial charge in [0.2, 0.25) is 5.91 Å². The van der Waals surface area contributed by atoms with Crippen LogP contribution in [0.15, 0.2) is 0 Å². The standard InChI is InChI=1S/C10H19N5O/c1-4-5-12-10(16)6(2)13-9-8(11)14-7(3)15-9/h6,13H,4-5,11H2,1-3H3,(H,12,16)(H,14,15). The third-order valence-corrected chi connectivity index (χ3v) is 2.15. The Bertz CT molecular complexity index is 360. The number of amides is 1. The lowest BCUT2D eigenvalue weighted by Crippen LogP contribution is -2.38. The number of aromatic amines is 1. The number of carbonyl (C=O) groups is 1. The highest BCUT2D eigenvalue weighted by molar-refractivity contribution is 5.84. The van der Waals surface area contributed by atoms with Crippen molar-refractivity contribution in [1.82, 2.24) is 15.3 Å². The first-order valence-electron chi connectivity index (χ1n) is 5.41. The molecule has 6 heteroatoms. The molecule has 0 fully saturated rings. The van der Waals surface area contributed by atoms with E-state index < -0.39 is 0 Å². The van der Waals surface area contributed by atoms with E-state index in [0.29, 0.717) is 18.2 Å². The maximum absolute atomic E-state index is 11.6. The number of hydrogen-bond acceptors (Lipinski definition) is 4. The van der Waals surface area contributed by atoms with E-state index in [-0.39, 0.29) is 11.9 Å². The lowest BCUT2D eigenvalue weighted by atomic mass is 10.3. The molecule has 1 amide bonds. The van der Waals surface area contributed by atoms with Crippen molar-refractivity contribution < 1.29 is 4.79 Å². The van der Waals surface area contributed by atoms with E-state index >= 15 is 0 Å². The molecule has 1 aromatic rings. The second-order valence-corrected chi connectivity index (χ2v) is 3.74. The Hall–Kier alpha value is -1.72. The minimum Gasteiger partial charge on any atom is -0.382 e. The molecule has 1 atom stereocenters. The van der Waals surface area contributed by atoms with E-state index in [9.17, 15) is 4.79 Å². The SMILES string of the molecule is CCCNC(=O)C(C)Nc1nc(C)[nH]c1N. The van der Waals surface area contributed by atoms with Crippen LogP contribution in [0.5, 0.6) is 0 Å². The van der Waals surface area contributed by atoms with E-state index in [0.717, 1.165) is 12.2 Å². The summed E-state index contributed by atoms with van der Waals surface area (Å²) in [7, 11) is 0. The highest BCUT2D eigenvalue weighted by Crippen LogP contribution is 2.14. The lowest BCUT2D eigenvalue weighted by molar-refractivity contribution is -0.121. The number of anilines is 2. The fourth-order valence-corrected chi connectivity index (χ4v) is 1.29. The molecule has 0 spiro atoms. The number of rotatable bonds is 5. The van der Waals surface area contributed by atoms with E-state index in [4.69, 9.17) is 5.73 Å². The molecule has 0 radical (unpaired) electrons. The third-order valence-electron chi connectivity index (χ3n) is 2.15. The summed E-state index contributed by atoms with van der Waals surface area (Å²) in [6, 6.07) is -0.350. The number of hydrogen-bond donors (Lipinski definition) is 4. The Balaban J connectivity index is 2.53. The molecule has 0 aromatic carbocycles. The smallest absolute Gasteiger partial charge is 0.242 e. The molecule has 1 heterocycles. The van der Waals surface area contributed by atoms with Crippen molar-refractivity contribution >= 4 is 17.5 Å². The van der Waals surface area contributed by atoms with Gasteiger partial charge < -0.3 is 21.4 Å². The molecule has 0 aliphatic heterocycles. The monoisotopic (exact) mass is 225 g/mol. The first-order valence-corrected chi connectivity index (χ1v) is 5.41. The van der Waals surface area contributed by atoms with Gasteiger partial charge in [-0.2, -0.15) is 0 Å². The molecule has 0 aliphatic carbocycles. The number of aryl methyl sites for hydroxylation is 1. The van der Waals surface area contributed by atoms with Gasteiger partial charge in [-0.1, -0.05) is 6.92 Å². The van der Waals surface area contributed by atoms with Crippen LogP contribution in [0.25, 0.3) is 0 Å². The van der Waals surface area contributed by atoms with Crippen LogP contribution in [-0.2, 0) is 4.79 Å². The Morgan fingerprint density at radius 3 is 2.81 bits per heavy atom. The molecule has 0 aliphatic rings. The van der Waals surface area contributed by atoms with E-state index in [1.807, 2.05) is 13.8 Å². The van der Waals surface area contributed by atoms with Crippen molar-refractivity contribution in [3.05, 3.63) is 5.82 Å². The lowest BCUT2D eigenvalue weighted by Gasteiger charge is -2.13. The molecule has 0 saturated carbocycles. The Kier molecular flexibility index (Phi) is 4.16. The molecule has 90 valence electrons. The van der Waals surface area contributed by atoms with Crippen LogP contribution in [0.2, 0.25) is 0 Å². The van der Waals surface area contributed by atoms with Crippen molar-refractivity contribution in [2.75, 3.05) is 17.6 Å². The Morgan fingerprint density at radius 1 is 1.62 bits per heavy atom. The quantitative estimate of drug-likeness (QED) is 0.591. The predicted octanol–water partition coefficient (Wildman–Crippen LogP) is 0.627. The molecular weight excluding hydrogens is 206 g/mol. The summed E-state index contributed by atoms with van der Waals surface area (Å²) in [5.41, 5.74) is 5.68. The van der Waals surface area contributed by atoms with Gasteiger partial charge in [-0.25, -0.2) is 4.98 Å². The van der Waals surface area contributed by atoms with Crippen LogP contribution in [0.4, 0.5) is 11.6 Å². The number of aromatic nitrogens is 2. The zero-order chi connectivity index (χ0) is 12.1. The van der Waals surface area contributed by atoms with Crippen LogP contribution >= 0.6 is 0 Å². The van der Waals surface area contributed by atoms with E-state index in [1.165, 1.54) is 0 Å². The van der Waals surface area contributed by atoms with Gasteiger partial charge in [0.1, 0.15) is 17.7 Å². The van der Waals surface area contributed by atoms with Gasteiger partial charge >= 0.3 is 0 Å². The number of H-pyrrole nitrogens is 1. The van der Waals surface area contributed by atoms with Crippen molar-refractivity contribution in [3.63, 3.8) is 0 Å². The first kappa shape index (κ1) is 12.4. The van der Waals surface area contributed by atoms with Gasteiger partial charge in [0.15, 0.2) is 5.82 Å². The Labute approximate surface area is 95.0 Å². The molecule has 1 unspecified atom stereocenters. The first-order chi connectivity index (χ1) is 7.54. The summed E-state index contributed by atoms with van der Waals surface area (Å²) in [6.45, 7) is 6.27. The highest BCUT2D eigenvalue weighted by Gasteiger charge is 2.14. The average Bonchev–Trinajstić information content (AvgIpc) is 2.53. The largest absolute Gasteiger partial charge is 0.382 e. The van der Waals surface area contributed by atoms with Gasteiger partial charge in [-0.3, -0.25) is 4.79 Å². The minimum atomic E-state index is -0.350. The van der Waals surface area contributed by atoms with Crippen molar-refractivity contribution in [2.24, 2.45) is 0 Å². The van der Waals surface area contributed by atoms with Crippen LogP contribution in [0.1, 0.15) is 26.1 Å². The Morgan fingerprint density at radius 2 is 2.31 bits per heavy atom. The van der Waals surface area contributed by atoms with Crippen molar-refractivity contribution in [3.8, 4) is 0 Å². The van der Waals surface area contributed by atoms with E-state index in [2.05, 4.69) is 20.6 Å². The van der Waals surface area contributed by atoms with Gasteiger partial charge in [-0.05, 0) is 20.3 Å². The summed E-state index contributed by atoms with van der Waals surface area (Å²) in [4.78, 5) is 18.6. The number of nitrogens with two attached hydrogens (primary N) is 1. The molecular formula is C10H19N5O. The number of imidazole rings is 1. The summed E-state index contributed by atoms with van der Waals surface area (Å²) in [5, 5.41) is 5.76. The topological polar surface area (TPSA) is 95.8 Å².